The van der Waals surface area contributed by atoms with Gasteiger partial charge in [-0.25, -0.2) is 0 Å². The van der Waals surface area contributed by atoms with Crippen molar-refractivity contribution in [3.63, 3.8) is 0 Å². The van der Waals surface area contributed by atoms with E-state index >= 15 is 0 Å². The molecule has 0 saturated heterocycles. The van der Waals surface area contributed by atoms with Gasteiger partial charge in [0.1, 0.15) is 6.07 Å². The summed E-state index contributed by atoms with van der Waals surface area (Å²) in [4.78, 5) is 0. The van der Waals surface area contributed by atoms with Gasteiger partial charge in [0.2, 0.25) is 4.17 Å². The zero-order valence-electron chi connectivity index (χ0n) is 8.85. The molecule has 0 radical (unpaired) electrons. The molecule has 0 bridgehead atoms. The highest BCUT2D eigenvalue weighted by molar-refractivity contribution is 7.90. The molecule has 0 saturated carbocycles. The largest absolute Gasteiger partial charge is 0.360 e. The Morgan fingerprint density at radius 1 is 1.32 bits per heavy atom. The first-order valence-electron chi connectivity index (χ1n) is 4.42. The van der Waals surface area contributed by atoms with E-state index < -0.39 is 20.0 Å². The Labute approximate surface area is 129 Å². The molecule has 0 aliphatic carbocycles. The lowest BCUT2D eigenvalue weighted by Gasteiger charge is -2.05. The highest BCUT2D eigenvalue weighted by atomic mass is 35.5. The Morgan fingerprint density at radius 3 is 2.26 bits per heavy atom. The predicted molar refractivity (Wildman–Crippen MR) is 74.1 cm³/mol. The molecule has 1 aromatic rings. The molecule has 19 heavy (non-hydrogen) atoms. The molecule has 5 nitrogen and oxygen atoms in total. The van der Waals surface area contributed by atoms with Crippen LogP contribution < -0.4 is 0 Å². The van der Waals surface area contributed by atoms with Gasteiger partial charge >= 0.3 is 10.1 Å². The second kappa shape index (κ2) is 6.64. The molecule has 0 aliphatic rings. The van der Waals surface area contributed by atoms with Crippen LogP contribution in [0, 0.1) is 11.3 Å². The SMILES string of the molecule is N#C/C(=N/OS(=O)(=O)C(Cl)Cl)c1c(Cl)cccc1Cl. The van der Waals surface area contributed by atoms with Crippen molar-refractivity contribution in [2.45, 2.75) is 4.17 Å². The molecule has 0 aliphatic heterocycles. The van der Waals surface area contributed by atoms with Crippen LogP contribution in [0.3, 0.4) is 0 Å². The molecule has 0 N–H and O–H groups in total. The Morgan fingerprint density at radius 2 is 1.84 bits per heavy atom. The van der Waals surface area contributed by atoms with E-state index in [9.17, 15) is 8.42 Å². The molecule has 0 heterocycles. The van der Waals surface area contributed by atoms with Gasteiger partial charge in [0, 0.05) is 0 Å². The van der Waals surface area contributed by atoms with Crippen molar-refractivity contribution in [3.05, 3.63) is 33.8 Å². The summed E-state index contributed by atoms with van der Waals surface area (Å²) in [7, 11) is -4.33. The molecule has 10 heteroatoms. The monoisotopic (exact) mass is 360 g/mol. The van der Waals surface area contributed by atoms with Gasteiger partial charge in [-0.3, -0.25) is 4.28 Å². The minimum absolute atomic E-state index is 0.0456. The molecule has 0 amide bonds. The number of halogens is 4. The summed E-state index contributed by atoms with van der Waals surface area (Å²) in [5.74, 6) is 0. The summed E-state index contributed by atoms with van der Waals surface area (Å²) in [6, 6.07) is 6.08. The lowest BCUT2D eigenvalue weighted by atomic mass is 10.1. The number of hydrogen-bond acceptors (Lipinski definition) is 5. The molecule has 102 valence electrons. The molecule has 0 spiro atoms. The Balaban J connectivity index is 3.20. The molecule has 1 aromatic carbocycles. The second-order valence-electron chi connectivity index (χ2n) is 2.98. The zero-order chi connectivity index (χ0) is 14.6. The van der Waals surface area contributed by atoms with Crippen LogP contribution in [0.5, 0.6) is 0 Å². The number of alkyl halides is 2. The minimum Gasteiger partial charge on any atom is -0.265 e. The number of rotatable bonds is 4. The highest BCUT2D eigenvalue weighted by Gasteiger charge is 2.23. The normalized spacial score (nSPS) is 12.3. The average Bonchev–Trinajstić information content (AvgIpc) is 2.32. The lowest BCUT2D eigenvalue weighted by molar-refractivity contribution is 0.341. The number of nitriles is 1. The first-order valence-corrected chi connectivity index (χ1v) is 7.52. The number of nitrogens with zero attached hydrogens (tertiary/aromatic N) is 2. The fraction of sp³-hybridized carbons (Fsp3) is 0.111. The van der Waals surface area contributed by atoms with Gasteiger partial charge in [-0.05, 0) is 12.1 Å². The van der Waals surface area contributed by atoms with E-state index in [1.165, 1.54) is 12.1 Å². The van der Waals surface area contributed by atoms with E-state index in [2.05, 4.69) is 9.44 Å². The van der Waals surface area contributed by atoms with Gasteiger partial charge in [0.05, 0.1) is 15.6 Å². The van der Waals surface area contributed by atoms with E-state index in [1.807, 2.05) is 0 Å². The van der Waals surface area contributed by atoms with Gasteiger partial charge in [0.15, 0.2) is 5.71 Å². The third kappa shape index (κ3) is 4.13. The molecule has 0 unspecified atom stereocenters. The van der Waals surface area contributed by atoms with Crippen molar-refractivity contribution in [2.24, 2.45) is 5.16 Å². The maximum atomic E-state index is 11.2. The van der Waals surface area contributed by atoms with Crippen LogP contribution in [0.25, 0.3) is 0 Å². The Bertz CT molecular complexity index is 632. The molecule has 0 aromatic heterocycles. The van der Waals surface area contributed by atoms with Crippen LogP contribution >= 0.6 is 46.4 Å². The maximum Gasteiger partial charge on any atom is 0.360 e. The summed E-state index contributed by atoms with van der Waals surface area (Å²) in [5.41, 5.74) is -0.377. The first kappa shape index (κ1) is 16.3. The van der Waals surface area contributed by atoms with Crippen LogP contribution in [-0.2, 0) is 14.4 Å². The van der Waals surface area contributed by atoms with Crippen LogP contribution in [0.2, 0.25) is 10.0 Å². The smallest absolute Gasteiger partial charge is 0.265 e. The van der Waals surface area contributed by atoms with Gasteiger partial charge in [-0.2, -0.15) is 13.7 Å². The van der Waals surface area contributed by atoms with Crippen molar-refractivity contribution in [3.8, 4) is 6.07 Å². The van der Waals surface area contributed by atoms with E-state index in [0.717, 1.165) is 0 Å². The Kier molecular flexibility index (Phi) is 5.71. The van der Waals surface area contributed by atoms with Gasteiger partial charge in [0.25, 0.3) is 0 Å². The number of hydrogen-bond donors (Lipinski definition) is 0. The van der Waals surface area contributed by atoms with E-state index in [4.69, 9.17) is 51.7 Å². The van der Waals surface area contributed by atoms with Crippen molar-refractivity contribution in [1.29, 1.82) is 5.26 Å². The van der Waals surface area contributed by atoms with Crippen molar-refractivity contribution in [2.75, 3.05) is 0 Å². The topological polar surface area (TPSA) is 79.5 Å². The predicted octanol–water partition coefficient (Wildman–Crippen LogP) is 3.33. The molecule has 0 fully saturated rings. The Hall–Kier alpha value is -0.710. The summed E-state index contributed by atoms with van der Waals surface area (Å²) in [6.07, 6.45) is 0. The van der Waals surface area contributed by atoms with Crippen LogP contribution in [0.15, 0.2) is 23.4 Å². The first-order chi connectivity index (χ1) is 8.79. The fourth-order valence-electron chi connectivity index (χ4n) is 0.968. The van der Waals surface area contributed by atoms with Crippen LogP contribution in [-0.4, -0.2) is 18.3 Å². The molecular formula is C9H4Cl4N2O3S. The second-order valence-corrected chi connectivity index (χ2v) is 7.01. The van der Waals surface area contributed by atoms with E-state index in [-0.39, 0.29) is 15.6 Å². The van der Waals surface area contributed by atoms with Crippen molar-refractivity contribution in [1.82, 2.24) is 0 Å². The average molecular weight is 362 g/mol. The van der Waals surface area contributed by atoms with E-state index in [1.54, 1.807) is 12.1 Å². The summed E-state index contributed by atoms with van der Waals surface area (Å²) in [6.45, 7) is 0. The van der Waals surface area contributed by atoms with Crippen molar-refractivity contribution >= 4 is 62.2 Å². The third-order valence-electron chi connectivity index (χ3n) is 1.76. The van der Waals surface area contributed by atoms with Crippen LogP contribution in [0.1, 0.15) is 5.56 Å². The van der Waals surface area contributed by atoms with Crippen LogP contribution in [0.4, 0.5) is 0 Å². The number of oxime groups is 1. The summed E-state index contributed by atoms with van der Waals surface area (Å²) >= 11 is 22.0. The highest BCUT2D eigenvalue weighted by Crippen LogP contribution is 2.25. The lowest BCUT2D eigenvalue weighted by Crippen LogP contribution is -2.12. The van der Waals surface area contributed by atoms with Gasteiger partial charge in [-0.15, -0.1) is 0 Å². The zero-order valence-corrected chi connectivity index (χ0v) is 12.7. The molecule has 0 atom stereocenters. The van der Waals surface area contributed by atoms with Gasteiger partial charge < -0.3 is 0 Å². The van der Waals surface area contributed by atoms with E-state index in [0.29, 0.717) is 0 Å². The number of benzene rings is 1. The van der Waals surface area contributed by atoms with Crippen molar-refractivity contribution < 1.29 is 12.7 Å². The fourth-order valence-corrected chi connectivity index (χ4v) is 1.98. The summed E-state index contributed by atoms with van der Waals surface area (Å²) in [5, 5.41) is 12.3. The summed E-state index contributed by atoms with van der Waals surface area (Å²) < 4.78 is 24.7. The molecule has 1 rings (SSSR count). The maximum absolute atomic E-state index is 11.2. The molecular weight excluding hydrogens is 358 g/mol. The quantitative estimate of drug-likeness (QED) is 0.468. The minimum atomic E-state index is -4.33. The van der Waals surface area contributed by atoms with Gasteiger partial charge in [-0.1, -0.05) is 57.6 Å². The third-order valence-corrected chi connectivity index (χ3v) is 4.41. The standard InChI is InChI=1S/C9H4Cl4N2O3S/c10-5-2-1-3-6(11)8(5)7(4-14)15-18-19(16,17)9(12)13/h1-3,9H/b15-7-.